The number of nitrogens with two attached hydrogens (primary N) is 1. The van der Waals surface area contributed by atoms with Gasteiger partial charge in [-0.3, -0.25) is 9.59 Å². The monoisotopic (exact) mass is 431 g/mol. The van der Waals surface area contributed by atoms with Crippen LogP contribution in [0.2, 0.25) is 0 Å². The molecule has 0 unspecified atom stereocenters. The third-order valence-corrected chi connectivity index (χ3v) is 6.74. The Morgan fingerprint density at radius 2 is 1.77 bits per heavy atom. The Kier molecular flexibility index (Phi) is 6.42. The lowest BCUT2D eigenvalue weighted by Gasteiger charge is -2.30. The van der Waals surface area contributed by atoms with Gasteiger partial charge in [-0.15, -0.1) is 0 Å². The quantitative estimate of drug-likeness (QED) is 0.746. The number of rotatable bonds is 6. The molecule has 1 fully saturated rings. The Morgan fingerprint density at radius 3 is 2.33 bits per heavy atom. The van der Waals surface area contributed by atoms with Gasteiger partial charge in [0.05, 0.1) is 23.7 Å². The number of sulfonamides is 1. The number of para-hydroxylation sites is 1. The fourth-order valence-corrected chi connectivity index (χ4v) is 4.93. The van der Waals surface area contributed by atoms with Crippen LogP contribution in [0.4, 0.5) is 5.69 Å². The molecule has 9 heteroatoms. The molecule has 30 heavy (non-hydrogen) atoms. The van der Waals surface area contributed by atoms with E-state index in [9.17, 15) is 18.0 Å². The molecule has 1 saturated heterocycles. The molecule has 2 N–H and O–H groups in total. The van der Waals surface area contributed by atoms with Gasteiger partial charge in [0.25, 0.3) is 15.9 Å². The van der Waals surface area contributed by atoms with Gasteiger partial charge in [0.1, 0.15) is 11.8 Å². The van der Waals surface area contributed by atoms with Crippen molar-refractivity contribution in [2.45, 2.75) is 36.7 Å². The summed E-state index contributed by atoms with van der Waals surface area (Å²) in [5, 5.41) is 0. The highest BCUT2D eigenvalue weighted by Gasteiger charge is 2.42. The first kappa shape index (κ1) is 21.8. The van der Waals surface area contributed by atoms with Crippen molar-refractivity contribution in [3.8, 4) is 5.75 Å². The van der Waals surface area contributed by atoms with Crippen molar-refractivity contribution in [1.29, 1.82) is 0 Å². The van der Waals surface area contributed by atoms with E-state index >= 15 is 0 Å². The summed E-state index contributed by atoms with van der Waals surface area (Å²) in [4.78, 5) is 27.3. The lowest BCUT2D eigenvalue weighted by Crippen LogP contribution is -2.52. The fourth-order valence-electron chi connectivity index (χ4n) is 3.49. The number of methoxy groups -OCH3 is 1. The maximum atomic E-state index is 13.5. The van der Waals surface area contributed by atoms with Crippen LogP contribution in [0.5, 0.6) is 5.75 Å². The number of hydrogen-bond acceptors (Lipinski definition) is 6. The Morgan fingerprint density at radius 1 is 1.13 bits per heavy atom. The van der Waals surface area contributed by atoms with Crippen molar-refractivity contribution in [2.24, 2.45) is 5.73 Å². The van der Waals surface area contributed by atoms with Crippen LogP contribution in [0.15, 0.2) is 59.5 Å². The molecule has 1 heterocycles. The molecular weight excluding hydrogens is 406 g/mol. The lowest BCUT2D eigenvalue weighted by atomic mass is 10.2. The molecule has 2 aromatic carbocycles. The van der Waals surface area contributed by atoms with Crippen molar-refractivity contribution < 1.29 is 22.7 Å². The number of carbonyl (C=O) groups excluding carboxylic acids is 2. The Balaban J connectivity index is 2.05. The minimum Gasteiger partial charge on any atom is -0.497 e. The van der Waals surface area contributed by atoms with Gasteiger partial charge in [-0.25, -0.2) is 12.7 Å². The Labute approximate surface area is 176 Å². The van der Waals surface area contributed by atoms with E-state index < -0.39 is 28.0 Å². The summed E-state index contributed by atoms with van der Waals surface area (Å²) >= 11 is 0. The number of benzene rings is 2. The van der Waals surface area contributed by atoms with E-state index in [0.29, 0.717) is 25.1 Å². The molecule has 0 saturated carbocycles. The molecule has 0 aliphatic carbocycles. The molecule has 2 amide bonds. The molecule has 2 atom stereocenters. The average Bonchev–Trinajstić information content (AvgIpc) is 3.23. The second kappa shape index (κ2) is 8.85. The van der Waals surface area contributed by atoms with Crippen molar-refractivity contribution in [2.75, 3.05) is 18.0 Å². The molecule has 0 bridgehead atoms. The third kappa shape index (κ3) is 4.17. The molecule has 8 nitrogen and oxygen atoms in total. The second-order valence-corrected chi connectivity index (χ2v) is 8.88. The smallest absolute Gasteiger partial charge is 0.270 e. The summed E-state index contributed by atoms with van der Waals surface area (Å²) in [6, 6.07) is 12.3. The van der Waals surface area contributed by atoms with Gasteiger partial charge in [-0.2, -0.15) is 0 Å². The van der Waals surface area contributed by atoms with E-state index in [0.717, 1.165) is 4.31 Å². The first-order valence-corrected chi connectivity index (χ1v) is 11.1. The standard InChI is InChI=1S/C21H25N3O5S/c1-15(22)20(25)23-14-6-9-19(23)21(26)24(16-7-4-3-5-8-16)30(27,28)18-12-10-17(29-2)11-13-18/h3-5,7-8,10-13,15,19H,6,9,14,22H2,1-2H3/t15-,19-/m0/s1. The van der Waals surface area contributed by atoms with Crippen molar-refractivity contribution in [3.05, 3.63) is 54.6 Å². The van der Waals surface area contributed by atoms with E-state index in [1.807, 2.05) is 0 Å². The largest absolute Gasteiger partial charge is 0.497 e. The summed E-state index contributed by atoms with van der Waals surface area (Å²) in [5.74, 6) is -0.555. The van der Waals surface area contributed by atoms with Crippen LogP contribution in [0.1, 0.15) is 19.8 Å². The van der Waals surface area contributed by atoms with Crippen LogP contribution < -0.4 is 14.8 Å². The average molecular weight is 432 g/mol. The van der Waals surface area contributed by atoms with Gasteiger partial charge in [0, 0.05) is 6.54 Å². The number of amides is 2. The first-order valence-electron chi connectivity index (χ1n) is 9.61. The normalized spacial score (nSPS) is 17.4. The zero-order valence-corrected chi connectivity index (χ0v) is 17.7. The maximum absolute atomic E-state index is 13.5. The number of ether oxygens (including phenoxy) is 1. The lowest BCUT2D eigenvalue weighted by molar-refractivity contribution is -0.137. The van der Waals surface area contributed by atoms with Crippen LogP contribution >= 0.6 is 0 Å². The summed E-state index contributed by atoms with van der Waals surface area (Å²) < 4.78 is 32.8. The molecule has 0 radical (unpaired) electrons. The summed E-state index contributed by atoms with van der Waals surface area (Å²) in [6.45, 7) is 1.91. The van der Waals surface area contributed by atoms with Crippen LogP contribution in [0.3, 0.4) is 0 Å². The van der Waals surface area contributed by atoms with Crippen molar-refractivity contribution >= 4 is 27.5 Å². The zero-order valence-electron chi connectivity index (χ0n) is 16.9. The van der Waals surface area contributed by atoms with Crippen molar-refractivity contribution in [1.82, 2.24) is 4.90 Å². The fraction of sp³-hybridized carbons (Fsp3) is 0.333. The predicted molar refractivity (Wildman–Crippen MR) is 112 cm³/mol. The topological polar surface area (TPSA) is 110 Å². The van der Waals surface area contributed by atoms with Crippen LogP contribution in [0.25, 0.3) is 0 Å². The van der Waals surface area contributed by atoms with Gasteiger partial charge < -0.3 is 15.4 Å². The summed E-state index contributed by atoms with van der Waals surface area (Å²) in [6.07, 6.45) is 0.971. The van der Waals surface area contributed by atoms with Crippen LogP contribution in [-0.4, -0.2) is 50.9 Å². The van der Waals surface area contributed by atoms with E-state index in [2.05, 4.69) is 0 Å². The summed E-state index contributed by atoms with van der Waals surface area (Å²) in [5.41, 5.74) is 5.93. The van der Waals surface area contributed by atoms with Gasteiger partial charge in [-0.05, 0) is 56.2 Å². The van der Waals surface area contributed by atoms with E-state index in [1.54, 1.807) is 37.3 Å². The number of nitrogens with zero attached hydrogens (tertiary/aromatic N) is 2. The number of likely N-dealkylation sites (tertiary alicyclic amines) is 1. The third-order valence-electron chi connectivity index (χ3n) is 5.00. The Hall–Kier alpha value is -2.91. The van der Waals surface area contributed by atoms with Crippen molar-refractivity contribution in [3.63, 3.8) is 0 Å². The molecular formula is C21H25N3O5S. The SMILES string of the molecule is COc1ccc(S(=O)(=O)N(C(=O)[C@@H]2CCCN2C(=O)[C@H](C)N)c2ccccc2)cc1. The van der Waals surface area contributed by atoms with Crippen LogP contribution in [-0.2, 0) is 19.6 Å². The molecule has 160 valence electrons. The van der Waals surface area contributed by atoms with E-state index in [1.165, 1.54) is 36.3 Å². The molecule has 3 rings (SSSR count). The summed E-state index contributed by atoms with van der Waals surface area (Å²) in [7, 11) is -2.75. The highest BCUT2D eigenvalue weighted by Crippen LogP contribution is 2.29. The highest BCUT2D eigenvalue weighted by molar-refractivity contribution is 7.93. The maximum Gasteiger partial charge on any atom is 0.270 e. The first-order chi connectivity index (χ1) is 14.3. The molecule has 1 aliphatic heterocycles. The van der Waals surface area contributed by atoms with E-state index in [-0.39, 0.29) is 16.5 Å². The van der Waals surface area contributed by atoms with E-state index in [4.69, 9.17) is 10.5 Å². The molecule has 1 aliphatic rings. The minimum absolute atomic E-state index is 0.0523. The molecule has 0 spiro atoms. The van der Waals surface area contributed by atoms with Crippen LogP contribution in [0, 0.1) is 0 Å². The van der Waals surface area contributed by atoms with Gasteiger partial charge >= 0.3 is 0 Å². The second-order valence-electron chi connectivity index (χ2n) is 7.10. The van der Waals surface area contributed by atoms with Gasteiger partial charge in [0.2, 0.25) is 5.91 Å². The number of hydrogen-bond donors (Lipinski definition) is 1. The van der Waals surface area contributed by atoms with Gasteiger partial charge in [-0.1, -0.05) is 18.2 Å². The zero-order chi connectivity index (χ0) is 21.9. The van der Waals surface area contributed by atoms with Gasteiger partial charge in [0.15, 0.2) is 0 Å². The number of carbonyl (C=O) groups is 2. The predicted octanol–water partition coefficient (Wildman–Crippen LogP) is 1.76. The molecule has 0 aromatic heterocycles. The minimum atomic E-state index is -4.23. The number of anilines is 1. The highest BCUT2D eigenvalue weighted by atomic mass is 32.2. The Bertz CT molecular complexity index is 1010. The molecule has 2 aromatic rings.